The van der Waals surface area contributed by atoms with Crippen LogP contribution < -0.4 is 4.74 Å². The van der Waals surface area contributed by atoms with Crippen LogP contribution in [-0.4, -0.2) is 34.2 Å². The van der Waals surface area contributed by atoms with Crippen LogP contribution in [0.4, 0.5) is 4.39 Å². The van der Waals surface area contributed by atoms with Crippen molar-refractivity contribution in [2.75, 3.05) is 13.7 Å². The average molecular weight is 418 g/mol. The van der Waals surface area contributed by atoms with Gasteiger partial charge < -0.3 is 9.64 Å². The highest BCUT2D eigenvalue weighted by molar-refractivity contribution is 9.10. The van der Waals surface area contributed by atoms with E-state index in [1.807, 2.05) is 36.5 Å². The maximum atomic E-state index is 13.7. The maximum absolute atomic E-state index is 13.7. The molecule has 3 rings (SSSR count). The Labute approximate surface area is 159 Å². The number of ether oxygens (including phenoxy) is 1. The Hall–Kier alpha value is -2.67. The number of para-hydroxylation sites is 1. The molecule has 2 aromatic carbocycles. The number of aromatic nitrogens is 2. The van der Waals surface area contributed by atoms with Crippen LogP contribution in [0, 0.1) is 5.82 Å². The van der Waals surface area contributed by atoms with Gasteiger partial charge in [0.2, 0.25) is 0 Å². The van der Waals surface area contributed by atoms with Crippen LogP contribution in [0.3, 0.4) is 0 Å². The van der Waals surface area contributed by atoms with Gasteiger partial charge in [0.05, 0.1) is 11.9 Å². The fourth-order valence-corrected chi connectivity index (χ4v) is 2.70. The lowest BCUT2D eigenvalue weighted by Crippen LogP contribution is -2.31. The van der Waals surface area contributed by atoms with E-state index >= 15 is 0 Å². The Kier molecular flexibility index (Phi) is 5.68. The summed E-state index contributed by atoms with van der Waals surface area (Å²) in [6, 6.07) is 14.1. The van der Waals surface area contributed by atoms with Gasteiger partial charge in [0.1, 0.15) is 0 Å². The van der Waals surface area contributed by atoms with E-state index in [0.717, 1.165) is 11.3 Å². The van der Waals surface area contributed by atoms with Gasteiger partial charge in [0, 0.05) is 29.8 Å². The van der Waals surface area contributed by atoms with Crippen molar-refractivity contribution in [3.63, 3.8) is 0 Å². The number of nitrogens with zero attached hydrogens (tertiary/aromatic N) is 3. The highest BCUT2D eigenvalue weighted by atomic mass is 79.9. The molecule has 134 valence electrons. The number of benzene rings is 2. The Morgan fingerprint density at radius 2 is 2.04 bits per heavy atom. The second-order valence-corrected chi connectivity index (χ2v) is 6.66. The number of amides is 1. The lowest BCUT2D eigenvalue weighted by molar-refractivity contribution is -0.132. The zero-order chi connectivity index (χ0) is 18.5. The minimum absolute atomic E-state index is 0.0480. The van der Waals surface area contributed by atoms with E-state index in [-0.39, 0.29) is 18.3 Å². The van der Waals surface area contributed by atoms with Crippen LogP contribution in [0.25, 0.3) is 5.69 Å². The zero-order valence-electron chi connectivity index (χ0n) is 14.1. The minimum atomic E-state index is -0.515. The van der Waals surface area contributed by atoms with Gasteiger partial charge >= 0.3 is 0 Å². The van der Waals surface area contributed by atoms with Crippen molar-refractivity contribution in [1.82, 2.24) is 14.7 Å². The highest BCUT2D eigenvalue weighted by Crippen LogP contribution is 2.21. The largest absolute Gasteiger partial charge is 0.481 e. The summed E-state index contributed by atoms with van der Waals surface area (Å²) >= 11 is 3.18. The van der Waals surface area contributed by atoms with Crippen molar-refractivity contribution < 1.29 is 13.9 Å². The van der Waals surface area contributed by atoms with Crippen LogP contribution in [0.1, 0.15) is 5.56 Å². The third-order valence-electron chi connectivity index (χ3n) is 3.75. The number of rotatable bonds is 6. The van der Waals surface area contributed by atoms with Crippen molar-refractivity contribution in [1.29, 1.82) is 0 Å². The summed E-state index contributed by atoms with van der Waals surface area (Å²) in [5, 5.41) is 4.31. The first-order valence-electron chi connectivity index (χ1n) is 7.94. The number of hydrogen-bond acceptors (Lipinski definition) is 3. The molecule has 0 bridgehead atoms. The summed E-state index contributed by atoms with van der Waals surface area (Å²) < 4.78 is 21.4. The van der Waals surface area contributed by atoms with Gasteiger partial charge in [-0.3, -0.25) is 4.79 Å². The van der Waals surface area contributed by atoms with Crippen molar-refractivity contribution in [2.24, 2.45) is 0 Å². The third-order valence-corrected chi connectivity index (χ3v) is 4.24. The maximum Gasteiger partial charge on any atom is 0.260 e. The number of hydrogen-bond donors (Lipinski definition) is 0. The number of carbonyl (C=O) groups is 1. The van der Waals surface area contributed by atoms with E-state index in [0.29, 0.717) is 11.0 Å². The van der Waals surface area contributed by atoms with Crippen LogP contribution in [0.15, 0.2) is 65.4 Å². The lowest BCUT2D eigenvalue weighted by Gasteiger charge is -2.16. The Morgan fingerprint density at radius 3 is 2.77 bits per heavy atom. The van der Waals surface area contributed by atoms with E-state index in [1.165, 1.54) is 17.0 Å². The molecule has 0 radical (unpaired) electrons. The normalized spacial score (nSPS) is 10.6. The van der Waals surface area contributed by atoms with Crippen molar-refractivity contribution >= 4 is 21.8 Å². The predicted octanol–water partition coefficient (Wildman–Crippen LogP) is 3.81. The fourth-order valence-electron chi connectivity index (χ4n) is 2.37. The van der Waals surface area contributed by atoms with Crippen LogP contribution in [0.2, 0.25) is 0 Å². The second kappa shape index (κ2) is 8.14. The number of likely N-dealkylation sites (N-methyl/N-ethyl adjacent to an activating group) is 1. The highest BCUT2D eigenvalue weighted by Gasteiger charge is 2.13. The van der Waals surface area contributed by atoms with Crippen LogP contribution >= 0.6 is 15.9 Å². The van der Waals surface area contributed by atoms with E-state index in [9.17, 15) is 9.18 Å². The Balaban J connectivity index is 1.57. The molecule has 0 aliphatic carbocycles. The molecule has 1 aromatic heterocycles. The summed E-state index contributed by atoms with van der Waals surface area (Å²) in [5.41, 5.74) is 1.83. The molecule has 7 heteroatoms. The van der Waals surface area contributed by atoms with Crippen LogP contribution in [-0.2, 0) is 11.3 Å². The molecule has 0 aliphatic heterocycles. The lowest BCUT2D eigenvalue weighted by atomic mass is 10.3. The summed E-state index contributed by atoms with van der Waals surface area (Å²) in [4.78, 5) is 13.7. The topological polar surface area (TPSA) is 47.4 Å². The van der Waals surface area contributed by atoms with Gasteiger partial charge in [-0.15, -0.1) is 0 Å². The van der Waals surface area contributed by atoms with Gasteiger partial charge in [-0.2, -0.15) is 5.10 Å². The molecule has 26 heavy (non-hydrogen) atoms. The molecule has 0 N–H and O–H groups in total. The quantitative estimate of drug-likeness (QED) is 0.612. The van der Waals surface area contributed by atoms with Crippen molar-refractivity contribution in [2.45, 2.75) is 6.54 Å². The van der Waals surface area contributed by atoms with Gasteiger partial charge in [0.25, 0.3) is 5.91 Å². The van der Waals surface area contributed by atoms with E-state index in [4.69, 9.17) is 4.74 Å². The predicted molar refractivity (Wildman–Crippen MR) is 99.6 cm³/mol. The molecule has 0 unspecified atom stereocenters. The molecule has 0 aliphatic rings. The van der Waals surface area contributed by atoms with E-state index in [2.05, 4.69) is 21.0 Å². The number of carbonyl (C=O) groups excluding carboxylic acids is 1. The molecular formula is C19H17BrFN3O2. The van der Waals surface area contributed by atoms with Gasteiger partial charge in [-0.25, -0.2) is 9.07 Å². The molecule has 5 nitrogen and oxygen atoms in total. The van der Waals surface area contributed by atoms with E-state index in [1.54, 1.807) is 24.0 Å². The van der Waals surface area contributed by atoms with Gasteiger partial charge in [-0.1, -0.05) is 34.1 Å². The molecule has 3 aromatic rings. The van der Waals surface area contributed by atoms with Crippen LogP contribution in [0.5, 0.6) is 5.75 Å². The second-order valence-electron chi connectivity index (χ2n) is 5.74. The smallest absolute Gasteiger partial charge is 0.260 e. The monoisotopic (exact) mass is 417 g/mol. The third kappa shape index (κ3) is 4.49. The van der Waals surface area contributed by atoms with Crippen molar-refractivity contribution in [3.05, 3.63) is 76.8 Å². The molecule has 0 saturated carbocycles. The first-order valence-corrected chi connectivity index (χ1v) is 8.73. The molecule has 0 saturated heterocycles. The Morgan fingerprint density at radius 1 is 1.27 bits per heavy atom. The Bertz CT molecular complexity index is 899. The number of halogens is 2. The summed E-state index contributed by atoms with van der Waals surface area (Å²) in [6.07, 6.45) is 3.58. The summed E-state index contributed by atoms with van der Waals surface area (Å²) in [7, 11) is 1.67. The molecule has 1 amide bonds. The molecule has 1 heterocycles. The first kappa shape index (κ1) is 18.1. The zero-order valence-corrected chi connectivity index (χ0v) is 15.7. The summed E-state index contributed by atoms with van der Waals surface area (Å²) in [6.45, 7) is 0.153. The molecule has 0 atom stereocenters. The SMILES string of the molecule is CN(Cc1cnn(-c2ccccc2)c1)C(=O)COc1ccc(Br)cc1F. The minimum Gasteiger partial charge on any atom is -0.481 e. The fraction of sp³-hybridized carbons (Fsp3) is 0.158. The molecule has 0 fully saturated rings. The average Bonchev–Trinajstić information content (AvgIpc) is 3.10. The first-order chi connectivity index (χ1) is 12.5. The van der Waals surface area contributed by atoms with Crippen molar-refractivity contribution in [3.8, 4) is 11.4 Å². The summed E-state index contributed by atoms with van der Waals surface area (Å²) in [5.74, 6) is -0.717. The van der Waals surface area contributed by atoms with E-state index < -0.39 is 5.82 Å². The molecular weight excluding hydrogens is 401 g/mol. The van der Waals surface area contributed by atoms with Gasteiger partial charge in [0.15, 0.2) is 18.2 Å². The van der Waals surface area contributed by atoms with Gasteiger partial charge in [-0.05, 0) is 30.3 Å². The standard InChI is InChI=1S/C19H17BrFN3O2/c1-23(19(25)13-26-18-8-7-15(20)9-17(18)21)11-14-10-22-24(12-14)16-5-3-2-4-6-16/h2-10,12H,11,13H2,1H3. The molecule has 0 spiro atoms.